The summed E-state index contributed by atoms with van der Waals surface area (Å²) in [6.07, 6.45) is 7.90. The van der Waals surface area contributed by atoms with Crippen molar-refractivity contribution in [2.45, 2.75) is 52.0 Å². The van der Waals surface area contributed by atoms with Crippen LogP contribution in [0.2, 0.25) is 0 Å². The second-order valence-corrected chi connectivity index (χ2v) is 4.83. The Morgan fingerprint density at radius 1 is 1.38 bits per heavy atom. The third-order valence-corrected chi connectivity index (χ3v) is 3.46. The molecule has 0 N–H and O–H groups in total. The van der Waals surface area contributed by atoms with Crippen molar-refractivity contribution in [2.75, 3.05) is 0 Å². The van der Waals surface area contributed by atoms with E-state index in [4.69, 9.17) is 0 Å². The molecule has 0 aromatic carbocycles. The Labute approximate surface area is 96.5 Å². The third kappa shape index (κ3) is 2.94. The van der Waals surface area contributed by atoms with E-state index >= 15 is 0 Å². The van der Waals surface area contributed by atoms with Crippen molar-refractivity contribution in [3.8, 4) is 0 Å². The standard InChI is InChI=1S/C13H20N2O/c1-11-8-9-13(16)15(14-11)10-4-7-12-5-2-3-6-12/h8-9,12H,2-7,10H2,1H3. The largest absolute Gasteiger partial charge is 0.268 e. The second-order valence-electron chi connectivity index (χ2n) is 4.83. The lowest BCUT2D eigenvalue weighted by atomic mass is 10.0. The van der Waals surface area contributed by atoms with E-state index in [0.29, 0.717) is 0 Å². The zero-order chi connectivity index (χ0) is 11.4. The predicted octanol–water partition coefficient (Wildman–Crippen LogP) is 2.52. The molecule has 2 rings (SSSR count). The van der Waals surface area contributed by atoms with Crippen molar-refractivity contribution in [3.05, 3.63) is 28.2 Å². The molecule has 1 aliphatic rings. The lowest BCUT2D eigenvalue weighted by Crippen LogP contribution is -2.22. The van der Waals surface area contributed by atoms with Crippen molar-refractivity contribution >= 4 is 0 Å². The molecule has 0 bridgehead atoms. The van der Waals surface area contributed by atoms with Gasteiger partial charge in [0.05, 0.1) is 5.69 Å². The Bertz CT molecular complexity index is 391. The third-order valence-electron chi connectivity index (χ3n) is 3.46. The van der Waals surface area contributed by atoms with E-state index in [9.17, 15) is 4.79 Å². The van der Waals surface area contributed by atoms with Crippen molar-refractivity contribution in [1.82, 2.24) is 9.78 Å². The summed E-state index contributed by atoms with van der Waals surface area (Å²) in [4.78, 5) is 11.5. The van der Waals surface area contributed by atoms with Crippen molar-refractivity contribution in [1.29, 1.82) is 0 Å². The Morgan fingerprint density at radius 3 is 2.88 bits per heavy atom. The molecule has 0 amide bonds. The molecule has 1 fully saturated rings. The first-order valence-corrected chi connectivity index (χ1v) is 6.30. The summed E-state index contributed by atoms with van der Waals surface area (Å²) in [6.45, 7) is 2.70. The molecular weight excluding hydrogens is 200 g/mol. The normalized spacial score (nSPS) is 16.8. The maximum atomic E-state index is 11.5. The van der Waals surface area contributed by atoms with E-state index in [1.54, 1.807) is 16.8 Å². The summed E-state index contributed by atoms with van der Waals surface area (Å²) in [5, 5.41) is 4.24. The van der Waals surface area contributed by atoms with Crippen LogP contribution < -0.4 is 5.56 Å². The lowest BCUT2D eigenvalue weighted by molar-refractivity contribution is 0.437. The molecule has 1 heterocycles. The Balaban J connectivity index is 1.84. The van der Waals surface area contributed by atoms with Gasteiger partial charge in [-0.1, -0.05) is 25.7 Å². The summed E-state index contributed by atoms with van der Waals surface area (Å²) in [5.41, 5.74) is 0.942. The van der Waals surface area contributed by atoms with E-state index in [1.165, 1.54) is 32.1 Å². The van der Waals surface area contributed by atoms with Crippen LogP contribution in [0.5, 0.6) is 0 Å². The number of aryl methyl sites for hydroxylation is 2. The first-order valence-electron chi connectivity index (χ1n) is 6.30. The molecule has 1 aliphatic carbocycles. The number of nitrogens with zero attached hydrogens (tertiary/aromatic N) is 2. The molecule has 0 atom stereocenters. The van der Waals surface area contributed by atoms with Crippen LogP contribution in [0.3, 0.4) is 0 Å². The van der Waals surface area contributed by atoms with Crippen LogP contribution in [-0.2, 0) is 6.54 Å². The van der Waals surface area contributed by atoms with Gasteiger partial charge in [-0.05, 0) is 31.7 Å². The van der Waals surface area contributed by atoms with Crippen LogP contribution >= 0.6 is 0 Å². The van der Waals surface area contributed by atoms with Crippen LogP contribution in [-0.4, -0.2) is 9.78 Å². The zero-order valence-corrected chi connectivity index (χ0v) is 9.98. The van der Waals surface area contributed by atoms with Crippen molar-refractivity contribution in [3.63, 3.8) is 0 Å². The van der Waals surface area contributed by atoms with Gasteiger partial charge in [0.2, 0.25) is 0 Å². The summed E-state index contributed by atoms with van der Waals surface area (Å²) in [7, 11) is 0. The molecule has 1 aromatic rings. The second kappa shape index (κ2) is 5.28. The number of hydrogen-bond acceptors (Lipinski definition) is 2. The van der Waals surface area contributed by atoms with Crippen molar-refractivity contribution < 1.29 is 0 Å². The highest BCUT2D eigenvalue weighted by Crippen LogP contribution is 2.28. The zero-order valence-electron chi connectivity index (χ0n) is 9.98. The molecule has 0 radical (unpaired) electrons. The number of aromatic nitrogens is 2. The first kappa shape index (κ1) is 11.4. The number of rotatable bonds is 4. The summed E-state index contributed by atoms with van der Waals surface area (Å²) >= 11 is 0. The van der Waals surface area contributed by atoms with Gasteiger partial charge in [0.25, 0.3) is 5.56 Å². The van der Waals surface area contributed by atoms with E-state index in [1.807, 2.05) is 6.92 Å². The minimum atomic E-state index is 0.0250. The van der Waals surface area contributed by atoms with Gasteiger partial charge < -0.3 is 0 Å². The molecule has 0 saturated heterocycles. The van der Waals surface area contributed by atoms with Crippen LogP contribution in [0.15, 0.2) is 16.9 Å². The Kier molecular flexibility index (Phi) is 3.75. The highest BCUT2D eigenvalue weighted by atomic mass is 16.1. The average molecular weight is 220 g/mol. The van der Waals surface area contributed by atoms with Gasteiger partial charge >= 0.3 is 0 Å². The summed E-state index contributed by atoms with van der Waals surface area (Å²) in [5.74, 6) is 0.903. The van der Waals surface area contributed by atoms with Gasteiger partial charge in [0.1, 0.15) is 0 Å². The fraction of sp³-hybridized carbons (Fsp3) is 0.692. The van der Waals surface area contributed by atoms with Gasteiger partial charge in [-0.2, -0.15) is 5.10 Å². The first-order chi connectivity index (χ1) is 7.75. The molecule has 0 unspecified atom stereocenters. The average Bonchev–Trinajstić information content (AvgIpc) is 2.76. The molecule has 1 aromatic heterocycles. The van der Waals surface area contributed by atoms with E-state index in [0.717, 1.165) is 24.6 Å². The minimum Gasteiger partial charge on any atom is -0.268 e. The van der Waals surface area contributed by atoms with Crippen LogP contribution in [0, 0.1) is 12.8 Å². The van der Waals surface area contributed by atoms with Crippen LogP contribution in [0.25, 0.3) is 0 Å². The van der Waals surface area contributed by atoms with E-state index in [-0.39, 0.29) is 5.56 Å². The van der Waals surface area contributed by atoms with Gasteiger partial charge in [0.15, 0.2) is 0 Å². The quantitative estimate of drug-likeness (QED) is 0.781. The minimum absolute atomic E-state index is 0.0250. The van der Waals surface area contributed by atoms with Crippen LogP contribution in [0.4, 0.5) is 0 Å². The highest BCUT2D eigenvalue weighted by molar-refractivity contribution is 4.96. The van der Waals surface area contributed by atoms with Gasteiger partial charge in [0, 0.05) is 12.6 Å². The Hall–Kier alpha value is -1.12. The lowest BCUT2D eigenvalue weighted by Gasteiger charge is -2.09. The smallest absolute Gasteiger partial charge is 0.266 e. The molecule has 3 heteroatoms. The van der Waals surface area contributed by atoms with Gasteiger partial charge in [-0.25, -0.2) is 4.68 Å². The van der Waals surface area contributed by atoms with Gasteiger partial charge in [-0.3, -0.25) is 4.79 Å². The van der Waals surface area contributed by atoms with Gasteiger partial charge in [-0.15, -0.1) is 0 Å². The molecule has 3 nitrogen and oxygen atoms in total. The monoisotopic (exact) mass is 220 g/mol. The summed E-state index contributed by atoms with van der Waals surface area (Å²) in [6, 6.07) is 3.38. The predicted molar refractivity (Wildman–Crippen MR) is 64.4 cm³/mol. The molecule has 0 aliphatic heterocycles. The van der Waals surface area contributed by atoms with Crippen molar-refractivity contribution in [2.24, 2.45) is 5.92 Å². The highest BCUT2D eigenvalue weighted by Gasteiger charge is 2.14. The molecular formula is C13H20N2O. The SMILES string of the molecule is Cc1ccc(=O)n(CCCC2CCCC2)n1. The van der Waals surface area contributed by atoms with Crippen LogP contribution in [0.1, 0.15) is 44.2 Å². The molecule has 0 spiro atoms. The molecule has 1 saturated carbocycles. The topological polar surface area (TPSA) is 34.9 Å². The fourth-order valence-corrected chi connectivity index (χ4v) is 2.54. The molecule has 88 valence electrons. The maximum Gasteiger partial charge on any atom is 0.266 e. The Morgan fingerprint density at radius 2 is 2.12 bits per heavy atom. The molecule has 16 heavy (non-hydrogen) atoms. The maximum absolute atomic E-state index is 11.5. The van der Waals surface area contributed by atoms with E-state index in [2.05, 4.69) is 5.10 Å². The number of hydrogen-bond donors (Lipinski definition) is 0. The van der Waals surface area contributed by atoms with E-state index < -0.39 is 0 Å². The summed E-state index contributed by atoms with van der Waals surface area (Å²) < 4.78 is 1.60. The fourth-order valence-electron chi connectivity index (χ4n) is 2.54.